The van der Waals surface area contributed by atoms with Gasteiger partial charge in [-0.2, -0.15) is 0 Å². The SMILES string of the molecule is C[C@@H]1CC[C@@]2(OC1)O[C@H]1CC3C4CC[C@H]5C[C@@H](O[C@@H]6O[C@H](CO)[C@@H](O[C@@H]7O[C@H](COC(=O)Nc8ccccc8F)[C@@H](OC(=O)Nc8ccccc8F)[C@H](O)[C@H]7O)[C@H](O)[C@H]6O)CC[C@]5(C)C4C(=O)C[C@]3(C)[C@H]1[C@@H]2C. The van der Waals surface area contributed by atoms with Gasteiger partial charge in [0.25, 0.3) is 0 Å². The number of carbonyl (C=O) groups is 3. The van der Waals surface area contributed by atoms with Crippen molar-refractivity contribution in [2.75, 3.05) is 30.5 Å². The van der Waals surface area contributed by atoms with Crippen LogP contribution in [0.3, 0.4) is 0 Å². The summed E-state index contributed by atoms with van der Waals surface area (Å²) < 4.78 is 77.1. The molecule has 22 atom stereocenters. The minimum atomic E-state index is -2.04. The number of aliphatic hydroxyl groups excluding tert-OH is 5. The maximum atomic E-state index is 14.7. The molecule has 4 aliphatic heterocycles. The topological polar surface area (TPSA) is 250 Å². The number of hydrogen-bond donors (Lipinski definition) is 7. The van der Waals surface area contributed by atoms with Crippen molar-refractivity contribution in [2.45, 2.75) is 165 Å². The van der Waals surface area contributed by atoms with Gasteiger partial charge in [0.15, 0.2) is 24.5 Å². The van der Waals surface area contributed by atoms with Crippen LogP contribution in [0, 0.1) is 63.9 Å². The Morgan fingerprint density at radius 1 is 0.767 bits per heavy atom. The van der Waals surface area contributed by atoms with Gasteiger partial charge in [0.05, 0.1) is 36.8 Å². The first-order valence-corrected chi connectivity index (χ1v) is 26.0. The number of rotatable bonds is 10. The fourth-order valence-corrected chi connectivity index (χ4v) is 14.8. The Morgan fingerprint density at radius 3 is 2.07 bits per heavy atom. The molecule has 4 aliphatic carbocycles. The second-order valence-corrected chi connectivity index (χ2v) is 22.7. The molecule has 2 aromatic rings. The number of nitrogens with one attached hydrogen (secondary N) is 2. The lowest BCUT2D eigenvalue weighted by Crippen LogP contribution is -2.65. The number of aliphatic hydroxyl groups is 5. The van der Waals surface area contributed by atoms with E-state index in [2.05, 4.69) is 38.3 Å². The predicted octanol–water partition coefficient (Wildman–Crippen LogP) is 5.41. The summed E-state index contributed by atoms with van der Waals surface area (Å²) in [5.41, 5.74) is -0.922. The zero-order valence-corrected chi connectivity index (χ0v) is 41.6. The summed E-state index contributed by atoms with van der Waals surface area (Å²) in [5.74, 6) is -0.159. The van der Waals surface area contributed by atoms with Crippen LogP contribution in [0.4, 0.5) is 29.7 Å². The van der Waals surface area contributed by atoms with Gasteiger partial charge in [-0.15, -0.1) is 0 Å². The van der Waals surface area contributed by atoms with Crippen molar-refractivity contribution < 1.29 is 86.6 Å². The summed E-state index contributed by atoms with van der Waals surface area (Å²) in [6.45, 7) is 8.23. The number of hydrogen-bond acceptors (Lipinski definition) is 16. The van der Waals surface area contributed by atoms with E-state index in [4.69, 9.17) is 37.9 Å². The van der Waals surface area contributed by atoms with E-state index in [1.54, 1.807) is 0 Å². The molecule has 1 spiro atoms. The average Bonchev–Trinajstić information content (AvgIpc) is 3.80. The van der Waals surface area contributed by atoms with E-state index in [0.29, 0.717) is 49.9 Å². The standard InChI is InChI=1S/C53H70F2N2O16/c1-25-15-18-53(67-23-25)26(2)39-36(73-53)20-30-29-14-13-27-19-28(16-17-51(27,3)40(29)35(59)21-52(30,39)4)68-47-43(62)41(60)45(37(22-58)69-47)71-48-44(63)42(61)46(72-50(65)57-34-12-8-6-10-32(34)55)38(70-48)24-66-49(64)56-33-11-7-5-9-31(33)54/h5-12,25-30,36-48,58,60-63H,13-24H2,1-4H3,(H,56,64)(H,57,65)/t25-,26+,27+,28+,29?,30?,36+,37-,38-,39+,40?,41-,42-,43-,44-,45-,46-,47-,48+,51+,52+,53-/m1/s1. The summed E-state index contributed by atoms with van der Waals surface area (Å²) in [5, 5.41) is 60.8. The van der Waals surface area contributed by atoms with Gasteiger partial charge in [-0.05, 0) is 110 Å². The zero-order chi connectivity index (χ0) is 51.7. The van der Waals surface area contributed by atoms with Crippen LogP contribution in [0.25, 0.3) is 0 Å². The monoisotopic (exact) mass is 1030 g/mol. The average molecular weight is 1030 g/mol. The van der Waals surface area contributed by atoms with Crippen molar-refractivity contribution in [1.82, 2.24) is 0 Å². The van der Waals surface area contributed by atoms with E-state index in [9.17, 15) is 48.7 Å². The van der Waals surface area contributed by atoms with Crippen LogP contribution in [-0.4, -0.2) is 143 Å². The van der Waals surface area contributed by atoms with Gasteiger partial charge >= 0.3 is 12.2 Å². The predicted molar refractivity (Wildman–Crippen MR) is 252 cm³/mol. The molecule has 0 aromatic heterocycles. The van der Waals surface area contributed by atoms with Crippen LogP contribution in [0.5, 0.6) is 0 Å². The van der Waals surface area contributed by atoms with Gasteiger partial charge in [-0.3, -0.25) is 15.4 Å². The largest absolute Gasteiger partial charge is 0.446 e. The van der Waals surface area contributed by atoms with Gasteiger partial charge in [0.2, 0.25) is 0 Å². The van der Waals surface area contributed by atoms with Gasteiger partial charge in [-0.25, -0.2) is 18.4 Å². The number of anilines is 2. The van der Waals surface area contributed by atoms with Crippen molar-refractivity contribution in [3.8, 4) is 0 Å². The summed E-state index contributed by atoms with van der Waals surface area (Å²) in [4.78, 5) is 40.4. The number of fused-ring (bicyclic) bond motifs is 7. The van der Waals surface area contributed by atoms with Crippen molar-refractivity contribution in [3.05, 3.63) is 60.2 Å². The van der Waals surface area contributed by atoms with Gasteiger partial charge in [-0.1, -0.05) is 52.0 Å². The van der Waals surface area contributed by atoms with Crippen molar-refractivity contribution >= 4 is 29.3 Å². The van der Waals surface area contributed by atoms with E-state index >= 15 is 0 Å². The molecule has 73 heavy (non-hydrogen) atoms. The fraction of sp³-hybridized carbons (Fsp3) is 0.717. The number of para-hydroxylation sites is 2. The van der Waals surface area contributed by atoms with Crippen molar-refractivity contribution in [3.63, 3.8) is 0 Å². The van der Waals surface area contributed by atoms with E-state index in [1.165, 1.54) is 36.4 Å². The molecule has 0 bridgehead atoms. The molecule has 0 radical (unpaired) electrons. The molecule has 402 valence electrons. The molecule has 4 saturated heterocycles. The summed E-state index contributed by atoms with van der Waals surface area (Å²) in [6, 6.07) is 10.4. The molecular weight excluding hydrogens is 959 g/mol. The molecule has 4 heterocycles. The van der Waals surface area contributed by atoms with Crippen LogP contribution < -0.4 is 10.6 Å². The van der Waals surface area contributed by atoms with Gasteiger partial charge in [0.1, 0.15) is 66.8 Å². The number of Topliss-reactive ketones (excluding diaryl/α,β-unsaturated/α-hetero) is 1. The lowest BCUT2D eigenvalue weighted by molar-refractivity contribution is -0.363. The highest BCUT2D eigenvalue weighted by Crippen LogP contribution is 2.70. The zero-order valence-electron chi connectivity index (χ0n) is 41.6. The molecule has 2 amide bonds. The number of ether oxygens (including phenoxy) is 8. The third-order valence-electron chi connectivity index (χ3n) is 18.5. The lowest BCUT2D eigenvalue weighted by atomic mass is 9.44. The Hall–Kier alpha value is -3.93. The van der Waals surface area contributed by atoms with E-state index in [-0.39, 0.29) is 57.9 Å². The maximum absolute atomic E-state index is 14.7. The van der Waals surface area contributed by atoms with E-state index in [0.717, 1.165) is 44.2 Å². The van der Waals surface area contributed by atoms with E-state index < -0.39 is 110 Å². The second-order valence-electron chi connectivity index (χ2n) is 22.7. The third kappa shape index (κ3) is 9.59. The highest BCUT2D eigenvalue weighted by molar-refractivity contribution is 5.86. The summed E-state index contributed by atoms with van der Waals surface area (Å²) >= 11 is 0. The highest BCUT2D eigenvalue weighted by Gasteiger charge is 2.71. The van der Waals surface area contributed by atoms with E-state index in [1.807, 2.05) is 0 Å². The maximum Gasteiger partial charge on any atom is 0.412 e. The number of amides is 2. The quantitative estimate of drug-likeness (QED) is 0.147. The Balaban J connectivity index is 0.775. The minimum absolute atomic E-state index is 0.0725. The smallest absolute Gasteiger partial charge is 0.412 e. The van der Waals surface area contributed by atoms with Crippen molar-refractivity contribution in [1.29, 1.82) is 0 Å². The molecule has 18 nitrogen and oxygen atoms in total. The molecule has 20 heteroatoms. The minimum Gasteiger partial charge on any atom is -0.446 e. The number of benzene rings is 2. The Labute approximate surface area is 422 Å². The Bertz CT molecular complexity index is 2340. The number of ketones is 1. The molecule has 7 N–H and O–H groups in total. The number of halogens is 2. The van der Waals surface area contributed by atoms with Gasteiger partial charge in [0, 0.05) is 24.7 Å². The number of carbonyl (C=O) groups excluding carboxylic acids is 3. The fourth-order valence-electron chi connectivity index (χ4n) is 14.8. The first-order valence-electron chi connectivity index (χ1n) is 26.0. The third-order valence-corrected chi connectivity index (χ3v) is 18.5. The first-order chi connectivity index (χ1) is 34.8. The van der Waals surface area contributed by atoms with Gasteiger partial charge < -0.3 is 63.4 Å². The van der Waals surface area contributed by atoms with Crippen LogP contribution >= 0.6 is 0 Å². The molecule has 4 saturated carbocycles. The highest BCUT2D eigenvalue weighted by atomic mass is 19.1. The molecule has 3 unspecified atom stereocenters. The summed E-state index contributed by atoms with van der Waals surface area (Å²) in [6.07, 6.45) is -13.1. The Morgan fingerprint density at radius 2 is 1.41 bits per heavy atom. The normalized spacial score (nSPS) is 45.1. The Kier molecular flexibility index (Phi) is 14.8. The van der Waals surface area contributed by atoms with Crippen molar-refractivity contribution in [2.24, 2.45) is 52.3 Å². The molecule has 8 fully saturated rings. The molecule has 10 rings (SSSR count). The summed E-state index contributed by atoms with van der Waals surface area (Å²) in [7, 11) is 0. The first kappa shape index (κ1) is 52.5. The lowest BCUT2D eigenvalue weighted by Gasteiger charge is -2.60. The molecule has 2 aromatic carbocycles. The molecular formula is C53H70F2N2O16. The van der Waals surface area contributed by atoms with Crippen LogP contribution in [0.1, 0.15) is 85.5 Å². The second kappa shape index (κ2) is 20.5. The molecule has 8 aliphatic rings. The van der Waals surface area contributed by atoms with Crippen LogP contribution in [0.15, 0.2) is 48.5 Å². The van der Waals surface area contributed by atoms with Crippen LogP contribution in [0.2, 0.25) is 0 Å². The van der Waals surface area contributed by atoms with Crippen LogP contribution in [-0.2, 0) is 42.7 Å².